The van der Waals surface area contributed by atoms with Crippen molar-refractivity contribution in [2.45, 2.75) is 13.5 Å². The van der Waals surface area contributed by atoms with Gasteiger partial charge in [0.25, 0.3) is 0 Å². The molecular formula is C14H16N4O2. The fraction of sp³-hybridized carbons (Fsp3) is 0.214. The highest BCUT2D eigenvalue weighted by molar-refractivity contribution is 5.86. The molecule has 0 unspecified atom stereocenters. The van der Waals surface area contributed by atoms with Crippen molar-refractivity contribution in [3.05, 3.63) is 47.4 Å². The second-order valence-electron chi connectivity index (χ2n) is 4.54. The fourth-order valence-electron chi connectivity index (χ4n) is 1.89. The van der Waals surface area contributed by atoms with Crippen LogP contribution in [-0.4, -0.2) is 28.1 Å². The van der Waals surface area contributed by atoms with Crippen LogP contribution in [0.2, 0.25) is 0 Å². The lowest BCUT2D eigenvalue weighted by Crippen LogP contribution is -2.21. The standard InChI is InChI=1S/C14H16N4O2/c1-9-4-3-5-10(16-9)8-18(2)13-11(15)6-7-12(17-13)14(19)20/h3-7H,8,15H2,1-2H3,(H,19,20). The van der Waals surface area contributed by atoms with Gasteiger partial charge in [-0.3, -0.25) is 4.98 Å². The largest absolute Gasteiger partial charge is 0.477 e. The summed E-state index contributed by atoms with van der Waals surface area (Å²) in [7, 11) is 1.80. The lowest BCUT2D eigenvalue weighted by Gasteiger charge is -2.19. The van der Waals surface area contributed by atoms with Gasteiger partial charge in [0, 0.05) is 12.7 Å². The SMILES string of the molecule is Cc1cccc(CN(C)c2nc(C(=O)O)ccc2N)n1. The Labute approximate surface area is 116 Å². The van der Waals surface area contributed by atoms with Crippen LogP contribution in [0.3, 0.4) is 0 Å². The smallest absolute Gasteiger partial charge is 0.354 e. The quantitative estimate of drug-likeness (QED) is 0.880. The molecular weight excluding hydrogens is 256 g/mol. The van der Waals surface area contributed by atoms with Crippen molar-refractivity contribution in [3.8, 4) is 0 Å². The van der Waals surface area contributed by atoms with E-state index in [1.807, 2.05) is 25.1 Å². The minimum Gasteiger partial charge on any atom is -0.477 e. The molecule has 3 N–H and O–H groups in total. The monoisotopic (exact) mass is 272 g/mol. The third-order valence-electron chi connectivity index (χ3n) is 2.83. The Kier molecular flexibility index (Phi) is 3.84. The minimum atomic E-state index is -1.08. The number of aromatic carboxylic acids is 1. The van der Waals surface area contributed by atoms with Gasteiger partial charge < -0.3 is 15.7 Å². The molecule has 0 aliphatic heterocycles. The van der Waals surface area contributed by atoms with Gasteiger partial charge in [-0.05, 0) is 31.2 Å². The fourth-order valence-corrected chi connectivity index (χ4v) is 1.89. The van der Waals surface area contributed by atoms with E-state index in [1.165, 1.54) is 6.07 Å². The molecule has 0 saturated heterocycles. The molecule has 0 radical (unpaired) electrons. The average molecular weight is 272 g/mol. The van der Waals surface area contributed by atoms with Crippen molar-refractivity contribution in [3.63, 3.8) is 0 Å². The topological polar surface area (TPSA) is 92.3 Å². The number of carboxylic acids is 1. The summed E-state index contributed by atoms with van der Waals surface area (Å²) in [5.41, 5.74) is 8.06. The van der Waals surface area contributed by atoms with Gasteiger partial charge in [-0.1, -0.05) is 6.07 Å². The molecule has 104 valence electrons. The van der Waals surface area contributed by atoms with Crippen LogP contribution >= 0.6 is 0 Å². The second-order valence-corrected chi connectivity index (χ2v) is 4.54. The van der Waals surface area contributed by atoms with Crippen LogP contribution in [0.1, 0.15) is 21.9 Å². The van der Waals surface area contributed by atoms with Gasteiger partial charge in [0.2, 0.25) is 0 Å². The number of nitrogens with two attached hydrogens (primary N) is 1. The van der Waals surface area contributed by atoms with E-state index in [0.29, 0.717) is 18.1 Å². The number of pyridine rings is 2. The maximum Gasteiger partial charge on any atom is 0.354 e. The third-order valence-corrected chi connectivity index (χ3v) is 2.83. The zero-order chi connectivity index (χ0) is 14.7. The number of aryl methyl sites for hydroxylation is 1. The molecule has 0 aliphatic rings. The van der Waals surface area contributed by atoms with Gasteiger partial charge in [0.15, 0.2) is 11.5 Å². The number of anilines is 2. The summed E-state index contributed by atoms with van der Waals surface area (Å²) in [5.74, 6) is -0.637. The van der Waals surface area contributed by atoms with Gasteiger partial charge >= 0.3 is 5.97 Å². The second kappa shape index (κ2) is 5.56. The predicted octanol–water partition coefficient (Wildman–Crippen LogP) is 1.70. The molecule has 0 aromatic carbocycles. The Morgan fingerprint density at radius 3 is 2.70 bits per heavy atom. The van der Waals surface area contributed by atoms with Crippen molar-refractivity contribution >= 4 is 17.5 Å². The van der Waals surface area contributed by atoms with E-state index in [9.17, 15) is 4.79 Å². The van der Waals surface area contributed by atoms with E-state index in [2.05, 4.69) is 9.97 Å². The molecule has 20 heavy (non-hydrogen) atoms. The first-order chi connectivity index (χ1) is 9.47. The molecule has 0 amide bonds. The minimum absolute atomic E-state index is 0.0294. The summed E-state index contributed by atoms with van der Waals surface area (Å²) < 4.78 is 0. The van der Waals surface area contributed by atoms with Crippen LogP contribution in [0.5, 0.6) is 0 Å². The van der Waals surface area contributed by atoms with Gasteiger partial charge in [-0.25, -0.2) is 9.78 Å². The summed E-state index contributed by atoms with van der Waals surface area (Å²) in [5, 5.41) is 8.97. The maximum absolute atomic E-state index is 11.0. The highest BCUT2D eigenvalue weighted by Gasteiger charge is 2.12. The Morgan fingerprint density at radius 2 is 2.05 bits per heavy atom. The maximum atomic E-state index is 11.0. The molecule has 2 heterocycles. The van der Waals surface area contributed by atoms with Gasteiger partial charge in [0.1, 0.15) is 0 Å². The zero-order valence-electron chi connectivity index (χ0n) is 11.4. The first-order valence-corrected chi connectivity index (χ1v) is 6.11. The average Bonchev–Trinajstić information content (AvgIpc) is 2.38. The van der Waals surface area contributed by atoms with Gasteiger partial charge in [0.05, 0.1) is 17.9 Å². The number of hydrogen-bond donors (Lipinski definition) is 2. The van der Waals surface area contributed by atoms with Crippen molar-refractivity contribution in [2.75, 3.05) is 17.7 Å². The van der Waals surface area contributed by atoms with Crippen molar-refractivity contribution in [1.29, 1.82) is 0 Å². The number of hydrogen-bond acceptors (Lipinski definition) is 5. The number of carboxylic acid groups (broad SMARTS) is 1. The molecule has 2 aromatic heterocycles. The number of rotatable bonds is 4. The van der Waals surface area contributed by atoms with Crippen LogP contribution in [0.25, 0.3) is 0 Å². The van der Waals surface area contributed by atoms with Crippen LogP contribution in [0.15, 0.2) is 30.3 Å². The lowest BCUT2D eigenvalue weighted by molar-refractivity contribution is 0.0690. The summed E-state index contributed by atoms with van der Waals surface area (Å²) in [6.07, 6.45) is 0. The predicted molar refractivity (Wildman–Crippen MR) is 76.7 cm³/mol. The summed E-state index contributed by atoms with van der Waals surface area (Å²) >= 11 is 0. The molecule has 2 aromatic rings. The van der Waals surface area contributed by atoms with E-state index >= 15 is 0 Å². The summed E-state index contributed by atoms with van der Waals surface area (Å²) in [6, 6.07) is 8.68. The first-order valence-electron chi connectivity index (χ1n) is 6.11. The number of aromatic nitrogens is 2. The molecule has 0 aliphatic carbocycles. The van der Waals surface area contributed by atoms with Crippen molar-refractivity contribution in [1.82, 2.24) is 9.97 Å². The summed E-state index contributed by atoms with van der Waals surface area (Å²) in [6.45, 7) is 2.42. The van der Waals surface area contributed by atoms with Crippen molar-refractivity contribution < 1.29 is 9.90 Å². The van der Waals surface area contributed by atoms with E-state index in [0.717, 1.165) is 11.4 Å². The Morgan fingerprint density at radius 1 is 1.30 bits per heavy atom. The number of carbonyl (C=O) groups is 1. The van der Waals surface area contributed by atoms with E-state index in [4.69, 9.17) is 10.8 Å². The van der Waals surface area contributed by atoms with Crippen molar-refractivity contribution in [2.24, 2.45) is 0 Å². The highest BCUT2D eigenvalue weighted by Crippen LogP contribution is 2.21. The first kappa shape index (κ1) is 13.8. The normalized spacial score (nSPS) is 10.3. The van der Waals surface area contributed by atoms with E-state index in [1.54, 1.807) is 18.0 Å². The third kappa shape index (κ3) is 3.03. The number of nitrogens with zero attached hydrogens (tertiary/aromatic N) is 3. The summed E-state index contributed by atoms with van der Waals surface area (Å²) in [4.78, 5) is 21.2. The Balaban J connectivity index is 2.26. The van der Waals surface area contributed by atoms with Crippen LogP contribution in [0.4, 0.5) is 11.5 Å². The van der Waals surface area contributed by atoms with Gasteiger partial charge in [-0.2, -0.15) is 0 Å². The molecule has 2 rings (SSSR count). The Bertz CT molecular complexity index is 643. The van der Waals surface area contributed by atoms with Crippen LogP contribution in [-0.2, 0) is 6.54 Å². The van der Waals surface area contributed by atoms with Crippen LogP contribution < -0.4 is 10.6 Å². The molecule has 6 nitrogen and oxygen atoms in total. The molecule has 0 atom stereocenters. The zero-order valence-corrected chi connectivity index (χ0v) is 11.4. The molecule has 0 bridgehead atoms. The highest BCUT2D eigenvalue weighted by atomic mass is 16.4. The van der Waals surface area contributed by atoms with Gasteiger partial charge in [-0.15, -0.1) is 0 Å². The number of nitrogen functional groups attached to an aromatic ring is 1. The van der Waals surface area contributed by atoms with E-state index in [-0.39, 0.29) is 5.69 Å². The molecule has 6 heteroatoms. The Hall–Kier alpha value is -2.63. The van der Waals surface area contributed by atoms with Crippen LogP contribution in [0, 0.1) is 6.92 Å². The molecule has 0 saturated carbocycles. The molecule has 0 spiro atoms. The lowest BCUT2D eigenvalue weighted by atomic mass is 10.2. The van der Waals surface area contributed by atoms with E-state index < -0.39 is 5.97 Å². The molecule has 0 fully saturated rings.